The molecule has 1 unspecified atom stereocenters. The Morgan fingerprint density at radius 1 is 1.29 bits per heavy atom. The molecule has 1 amide bonds. The molecule has 3 aliphatic heterocycles. The van der Waals surface area contributed by atoms with Crippen LogP contribution in [0, 0.1) is 5.92 Å². The lowest BCUT2D eigenvalue weighted by Gasteiger charge is -2.38. The summed E-state index contributed by atoms with van der Waals surface area (Å²) >= 11 is 1.87. The van der Waals surface area contributed by atoms with E-state index in [0.29, 0.717) is 17.2 Å². The van der Waals surface area contributed by atoms with E-state index in [0.717, 1.165) is 52.1 Å². The number of piperidine rings is 1. The van der Waals surface area contributed by atoms with Crippen molar-refractivity contribution in [2.75, 3.05) is 39.3 Å². The van der Waals surface area contributed by atoms with E-state index in [-0.39, 0.29) is 5.92 Å². The molecule has 0 bridgehead atoms. The summed E-state index contributed by atoms with van der Waals surface area (Å²) in [6.45, 7) is 9.88. The van der Waals surface area contributed by atoms with Crippen LogP contribution in [0.1, 0.15) is 26.7 Å². The molecule has 5 nitrogen and oxygen atoms in total. The number of amides is 1. The maximum Gasteiger partial charge on any atom is 0.225 e. The second kappa shape index (κ2) is 6.57. The minimum absolute atomic E-state index is 0.228. The van der Waals surface area contributed by atoms with Crippen LogP contribution in [0.25, 0.3) is 0 Å². The molecule has 0 aliphatic carbocycles. The number of thioether (sulfide) groups is 1. The van der Waals surface area contributed by atoms with E-state index >= 15 is 0 Å². The maximum atomic E-state index is 12.6. The Bertz CT molecular complexity index is 420. The second-order valence-corrected chi connectivity index (χ2v) is 7.85. The van der Waals surface area contributed by atoms with Crippen LogP contribution in [0.15, 0.2) is 4.99 Å². The van der Waals surface area contributed by atoms with E-state index in [1.807, 2.05) is 11.8 Å². The van der Waals surface area contributed by atoms with E-state index in [1.165, 1.54) is 5.17 Å². The normalized spacial score (nSPS) is 34.0. The Balaban J connectivity index is 1.50. The van der Waals surface area contributed by atoms with Crippen molar-refractivity contribution >= 4 is 22.8 Å². The molecule has 0 radical (unpaired) electrons. The molecule has 2 saturated heterocycles. The van der Waals surface area contributed by atoms with Gasteiger partial charge < -0.3 is 15.1 Å². The van der Waals surface area contributed by atoms with E-state index < -0.39 is 0 Å². The van der Waals surface area contributed by atoms with Gasteiger partial charge in [0, 0.05) is 43.4 Å². The van der Waals surface area contributed by atoms with Crippen LogP contribution in [0.5, 0.6) is 0 Å². The largest absolute Gasteiger partial charge is 0.348 e. The fourth-order valence-electron chi connectivity index (χ4n) is 3.37. The fraction of sp³-hybridized carbons (Fsp3) is 0.867. The van der Waals surface area contributed by atoms with Crippen LogP contribution in [0.3, 0.4) is 0 Å². The van der Waals surface area contributed by atoms with Crippen LogP contribution in [-0.2, 0) is 4.79 Å². The number of nitrogens with zero attached hydrogens (tertiary/aromatic N) is 3. The summed E-state index contributed by atoms with van der Waals surface area (Å²) in [6.07, 6.45) is 1.97. The van der Waals surface area contributed by atoms with Gasteiger partial charge in [-0.1, -0.05) is 18.7 Å². The minimum atomic E-state index is 0.228. The second-order valence-electron chi connectivity index (χ2n) is 6.44. The summed E-state index contributed by atoms with van der Waals surface area (Å²) in [5, 5.41) is 5.21. The zero-order chi connectivity index (χ0) is 14.8. The van der Waals surface area contributed by atoms with Crippen molar-refractivity contribution in [1.29, 1.82) is 0 Å². The van der Waals surface area contributed by atoms with Crippen molar-refractivity contribution in [3.05, 3.63) is 0 Å². The van der Waals surface area contributed by atoms with Gasteiger partial charge in [-0.25, -0.2) is 0 Å². The van der Waals surface area contributed by atoms with Gasteiger partial charge in [0.05, 0.1) is 6.54 Å². The molecule has 0 spiro atoms. The average Bonchev–Trinajstić information content (AvgIpc) is 2.93. The Morgan fingerprint density at radius 2 is 2.05 bits per heavy atom. The molecule has 118 valence electrons. The minimum Gasteiger partial charge on any atom is -0.348 e. The SMILES string of the molecule is CC1CN=C(N2CCN(C(=O)[C@H]3CCN[C@@H](C)C3)CC2)S1. The summed E-state index contributed by atoms with van der Waals surface area (Å²) in [5.41, 5.74) is 0. The molecule has 0 saturated carbocycles. The number of amidine groups is 1. The quantitative estimate of drug-likeness (QED) is 0.785. The molecule has 3 rings (SSSR count). The predicted octanol–water partition coefficient (Wildman–Crippen LogP) is 1.01. The molecule has 0 aromatic carbocycles. The lowest BCUT2D eigenvalue weighted by atomic mass is 9.92. The number of piperazine rings is 1. The lowest BCUT2D eigenvalue weighted by molar-refractivity contribution is -0.138. The van der Waals surface area contributed by atoms with Gasteiger partial charge in [-0.2, -0.15) is 0 Å². The first-order chi connectivity index (χ1) is 10.1. The Morgan fingerprint density at radius 3 is 2.67 bits per heavy atom. The van der Waals surface area contributed by atoms with Crippen molar-refractivity contribution < 1.29 is 4.79 Å². The van der Waals surface area contributed by atoms with Gasteiger partial charge in [0.2, 0.25) is 5.91 Å². The van der Waals surface area contributed by atoms with Gasteiger partial charge in [0.15, 0.2) is 5.17 Å². The van der Waals surface area contributed by atoms with Crippen LogP contribution in [-0.4, -0.2) is 71.4 Å². The van der Waals surface area contributed by atoms with Gasteiger partial charge in [-0.15, -0.1) is 0 Å². The molecule has 0 aromatic rings. The van der Waals surface area contributed by atoms with Gasteiger partial charge in [-0.05, 0) is 26.3 Å². The molecule has 6 heteroatoms. The monoisotopic (exact) mass is 310 g/mol. The van der Waals surface area contributed by atoms with Crippen LogP contribution in [0.2, 0.25) is 0 Å². The molecular weight excluding hydrogens is 284 g/mol. The molecule has 3 atom stereocenters. The molecule has 3 aliphatic rings. The first-order valence-corrected chi connectivity index (χ1v) is 8.99. The van der Waals surface area contributed by atoms with Crippen molar-refractivity contribution in [2.24, 2.45) is 10.9 Å². The number of carbonyl (C=O) groups excluding carboxylic acids is 1. The van der Waals surface area contributed by atoms with Gasteiger partial charge in [0.1, 0.15) is 0 Å². The van der Waals surface area contributed by atoms with Crippen molar-refractivity contribution in [3.8, 4) is 0 Å². The predicted molar refractivity (Wildman–Crippen MR) is 87.7 cm³/mol. The summed E-state index contributed by atoms with van der Waals surface area (Å²) in [6, 6.07) is 0.472. The molecule has 3 heterocycles. The number of nitrogens with one attached hydrogen (secondary N) is 1. The third-order valence-electron chi connectivity index (χ3n) is 4.63. The summed E-state index contributed by atoms with van der Waals surface area (Å²) in [4.78, 5) is 21.6. The fourth-order valence-corrected chi connectivity index (χ4v) is 4.36. The Kier molecular flexibility index (Phi) is 4.74. The van der Waals surface area contributed by atoms with E-state index in [2.05, 4.69) is 34.0 Å². The highest BCUT2D eigenvalue weighted by Gasteiger charge is 2.31. The molecule has 1 N–H and O–H groups in total. The molecule has 21 heavy (non-hydrogen) atoms. The highest BCUT2D eigenvalue weighted by molar-refractivity contribution is 8.14. The van der Waals surface area contributed by atoms with Gasteiger partial charge in [0.25, 0.3) is 0 Å². The zero-order valence-corrected chi connectivity index (χ0v) is 13.9. The molecule has 2 fully saturated rings. The van der Waals surface area contributed by atoms with E-state index in [9.17, 15) is 4.79 Å². The maximum absolute atomic E-state index is 12.6. The van der Waals surface area contributed by atoms with Crippen molar-refractivity contribution in [2.45, 2.75) is 38.0 Å². The number of aliphatic imine (C=N–C) groups is 1. The summed E-state index contributed by atoms with van der Waals surface area (Å²) in [7, 11) is 0. The highest BCUT2D eigenvalue weighted by atomic mass is 32.2. The van der Waals surface area contributed by atoms with Gasteiger partial charge >= 0.3 is 0 Å². The van der Waals surface area contributed by atoms with Gasteiger partial charge in [-0.3, -0.25) is 9.79 Å². The Hall–Kier alpha value is -0.750. The number of rotatable bonds is 1. The highest BCUT2D eigenvalue weighted by Crippen LogP contribution is 2.25. The van der Waals surface area contributed by atoms with Crippen LogP contribution < -0.4 is 5.32 Å². The molecular formula is C15H26N4OS. The smallest absolute Gasteiger partial charge is 0.225 e. The first kappa shape index (κ1) is 15.2. The van der Waals surface area contributed by atoms with Crippen LogP contribution in [0.4, 0.5) is 0 Å². The number of hydrogen-bond donors (Lipinski definition) is 1. The third-order valence-corrected chi connectivity index (χ3v) is 5.77. The zero-order valence-electron chi connectivity index (χ0n) is 13.0. The standard InChI is InChI=1S/C15H26N4OS/c1-11-9-13(3-4-16-11)14(20)18-5-7-19(8-6-18)15-17-10-12(2)21-15/h11-13,16H,3-10H2,1-2H3/t11-,12?,13-/m0/s1. The van der Waals surface area contributed by atoms with E-state index in [4.69, 9.17) is 0 Å². The summed E-state index contributed by atoms with van der Waals surface area (Å²) < 4.78 is 0. The Labute approximate surface area is 131 Å². The average molecular weight is 310 g/mol. The number of carbonyl (C=O) groups is 1. The lowest BCUT2D eigenvalue weighted by Crippen LogP contribution is -2.52. The number of hydrogen-bond acceptors (Lipinski definition) is 5. The third kappa shape index (κ3) is 3.54. The summed E-state index contributed by atoms with van der Waals surface area (Å²) in [5.74, 6) is 0.600. The molecule has 0 aromatic heterocycles. The first-order valence-electron chi connectivity index (χ1n) is 8.11. The van der Waals surface area contributed by atoms with Crippen molar-refractivity contribution in [3.63, 3.8) is 0 Å². The van der Waals surface area contributed by atoms with Crippen molar-refractivity contribution in [1.82, 2.24) is 15.1 Å². The topological polar surface area (TPSA) is 47.9 Å². The van der Waals surface area contributed by atoms with E-state index in [1.54, 1.807) is 0 Å². The van der Waals surface area contributed by atoms with Crippen LogP contribution >= 0.6 is 11.8 Å².